The average molecular weight is 234 g/mol. The molecule has 2 nitrogen and oxygen atoms in total. The van der Waals surface area contributed by atoms with Gasteiger partial charge in [0.1, 0.15) is 0 Å². The lowest BCUT2D eigenvalue weighted by Crippen LogP contribution is -2.37. The number of hydrogen-bond acceptors (Lipinski definition) is 2. The van der Waals surface area contributed by atoms with Crippen molar-refractivity contribution >= 4 is 25.3 Å². The van der Waals surface area contributed by atoms with Crippen molar-refractivity contribution in [2.45, 2.75) is 19.6 Å². The molecule has 0 N–H and O–H groups in total. The number of ether oxygens (including phenoxy) is 1. The summed E-state index contributed by atoms with van der Waals surface area (Å²) in [6.07, 6.45) is 3.23. The molecule has 0 fully saturated rings. The standard InChI is InChI=1S/C13H18O2Si/c1-15-13(14)9-8-11-6-5-7-12(10-11)16(2,3)4/h5-10H,1-4H3. The molecule has 0 radical (unpaired) electrons. The van der Waals surface area contributed by atoms with E-state index in [1.54, 1.807) is 6.08 Å². The molecule has 0 aliphatic carbocycles. The van der Waals surface area contributed by atoms with E-state index in [1.165, 1.54) is 18.4 Å². The number of hydrogen-bond donors (Lipinski definition) is 0. The van der Waals surface area contributed by atoms with E-state index in [0.717, 1.165) is 5.56 Å². The van der Waals surface area contributed by atoms with Crippen LogP contribution in [0.2, 0.25) is 19.6 Å². The van der Waals surface area contributed by atoms with Crippen LogP contribution in [-0.2, 0) is 9.53 Å². The van der Waals surface area contributed by atoms with Crippen molar-refractivity contribution in [3.05, 3.63) is 35.9 Å². The minimum absolute atomic E-state index is 0.321. The largest absolute Gasteiger partial charge is 0.466 e. The van der Waals surface area contributed by atoms with Crippen molar-refractivity contribution in [1.29, 1.82) is 0 Å². The van der Waals surface area contributed by atoms with E-state index in [1.807, 2.05) is 12.1 Å². The van der Waals surface area contributed by atoms with Gasteiger partial charge in [-0.1, -0.05) is 49.1 Å². The van der Waals surface area contributed by atoms with Gasteiger partial charge in [-0.05, 0) is 11.6 Å². The van der Waals surface area contributed by atoms with Crippen LogP contribution in [0.4, 0.5) is 0 Å². The smallest absolute Gasteiger partial charge is 0.330 e. The van der Waals surface area contributed by atoms with E-state index in [2.05, 4.69) is 36.5 Å². The summed E-state index contributed by atoms with van der Waals surface area (Å²) in [5.74, 6) is -0.321. The predicted molar refractivity (Wildman–Crippen MR) is 70.5 cm³/mol. The maximum atomic E-state index is 11.0. The molecule has 0 bridgehead atoms. The van der Waals surface area contributed by atoms with Crippen LogP contribution in [0, 0.1) is 0 Å². The molecule has 0 spiro atoms. The Labute approximate surface area is 98.0 Å². The first-order valence-corrected chi connectivity index (χ1v) is 8.80. The summed E-state index contributed by atoms with van der Waals surface area (Å²) in [6, 6.07) is 8.32. The third kappa shape index (κ3) is 3.66. The van der Waals surface area contributed by atoms with Crippen LogP contribution >= 0.6 is 0 Å². The van der Waals surface area contributed by atoms with Gasteiger partial charge in [0.25, 0.3) is 0 Å². The molecule has 0 atom stereocenters. The average Bonchev–Trinajstić information content (AvgIpc) is 2.25. The van der Waals surface area contributed by atoms with Gasteiger partial charge < -0.3 is 4.74 Å². The molecule has 0 aromatic heterocycles. The molecule has 0 aliphatic rings. The lowest BCUT2D eigenvalue weighted by Gasteiger charge is -2.16. The van der Waals surface area contributed by atoms with Crippen LogP contribution in [0.25, 0.3) is 6.08 Å². The second-order valence-corrected chi connectivity index (χ2v) is 9.81. The first kappa shape index (κ1) is 12.7. The highest BCUT2D eigenvalue weighted by Gasteiger charge is 2.15. The van der Waals surface area contributed by atoms with Crippen LogP contribution in [-0.4, -0.2) is 21.2 Å². The van der Waals surface area contributed by atoms with Crippen molar-refractivity contribution in [1.82, 2.24) is 0 Å². The molecule has 86 valence electrons. The van der Waals surface area contributed by atoms with E-state index in [9.17, 15) is 4.79 Å². The first-order valence-electron chi connectivity index (χ1n) is 5.30. The Hall–Kier alpha value is -1.35. The zero-order valence-corrected chi connectivity index (χ0v) is 11.3. The Balaban J connectivity index is 2.91. The number of carbonyl (C=O) groups excluding carboxylic acids is 1. The molecule has 0 amide bonds. The van der Waals surface area contributed by atoms with Crippen LogP contribution < -0.4 is 5.19 Å². The topological polar surface area (TPSA) is 26.3 Å². The summed E-state index contributed by atoms with van der Waals surface area (Å²) < 4.78 is 4.55. The SMILES string of the molecule is COC(=O)C=Cc1cccc([Si](C)(C)C)c1. The summed E-state index contributed by atoms with van der Waals surface area (Å²) in [5, 5.41) is 1.39. The number of benzene rings is 1. The quantitative estimate of drug-likeness (QED) is 0.456. The van der Waals surface area contributed by atoms with Crippen molar-refractivity contribution in [2.24, 2.45) is 0 Å². The maximum Gasteiger partial charge on any atom is 0.330 e. The zero-order chi connectivity index (χ0) is 12.2. The molecule has 3 heteroatoms. The normalized spacial score (nSPS) is 11.8. The molecular weight excluding hydrogens is 216 g/mol. The van der Waals surface area contributed by atoms with Crippen molar-refractivity contribution in [3.8, 4) is 0 Å². The van der Waals surface area contributed by atoms with Crippen molar-refractivity contribution in [3.63, 3.8) is 0 Å². The number of carbonyl (C=O) groups is 1. The summed E-state index contributed by atoms with van der Waals surface area (Å²) >= 11 is 0. The lowest BCUT2D eigenvalue weighted by atomic mass is 10.2. The highest BCUT2D eigenvalue weighted by molar-refractivity contribution is 6.88. The monoisotopic (exact) mass is 234 g/mol. The molecule has 1 aromatic rings. The Morgan fingerprint density at radius 3 is 2.56 bits per heavy atom. The molecule has 1 rings (SSSR count). The maximum absolute atomic E-state index is 11.0. The van der Waals surface area contributed by atoms with Crippen LogP contribution in [0.15, 0.2) is 30.3 Å². The fourth-order valence-corrected chi connectivity index (χ4v) is 2.54. The molecule has 0 saturated heterocycles. The van der Waals surface area contributed by atoms with E-state index in [-0.39, 0.29) is 5.97 Å². The molecular formula is C13H18O2Si. The lowest BCUT2D eigenvalue weighted by molar-refractivity contribution is -0.134. The van der Waals surface area contributed by atoms with E-state index in [0.29, 0.717) is 0 Å². The number of esters is 1. The second kappa shape index (κ2) is 5.12. The molecule has 0 aliphatic heterocycles. The number of rotatable bonds is 3. The van der Waals surface area contributed by atoms with Crippen LogP contribution in [0.5, 0.6) is 0 Å². The molecule has 16 heavy (non-hydrogen) atoms. The molecule has 0 heterocycles. The summed E-state index contributed by atoms with van der Waals surface area (Å²) in [6.45, 7) is 6.91. The van der Waals surface area contributed by atoms with Crippen molar-refractivity contribution in [2.75, 3.05) is 7.11 Å². The van der Waals surface area contributed by atoms with Crippen LogP contribution in [0.3, 0.4) is 0 Å². The van der Waals surface area contributed by atoms with Gasteiger partial charge in [-0.25, -0.2) is 4.79 Å². The minimum atomic E-state index is -1.28. The van der Waals surface area contributed by atoms with Gasteiger partial charge in [-0.2, -0.15) is 0 Å². The second-order valence-electron chi connectivity index (χ2n) is 4.73. The van der Waals surface area contributed by atoms with Gasteiger partial charge in [-0.15, -0.1) is 0 Å². The van der Waals surface area contributed by atoms with Gasteiger partial charge in [0.05, 0.1) is 15.2 Å². The van der Waals surface area contributed by atoms with Crippen molar-refractivity contribution < 1.29 is 9.53 Å². The Bertz CT molecular complexity index is 403. The summed E-state index contributed by atoms with van der Waals surface area (Å²) in [7, 11) is 0.101. The third-order valence-electron chi connectivity index (χ3n) is 2.37. The van der Waals surface area contributed by atoms with Gasteiger partial charge in [0.15, 0.2) is 0 Å². The van der Waals surface area contributed by atoms with Gasteiger partial charge >= 0.3 is 5.97 Å². The zero-order valence-electron chi connectivity index (χ0n) is 10.3. The van der Waals surface area contributed by atoms with Gasteiger partial charge in [0, 0.05) is 6.08 Å². The molecule has 0 unspecified atom stereocenters. The summed E-state index contributed by atoms with van der Waals surface area (Å²) in [4.78, 5) is 11.0. The molecule has 1 aromatic carbocycles. The van der Waals surface area contributed by atoms with Crippen LogP contribution in [0.1, 0.15) is 5.56 Å². The highest BCUT2D eigenvalue weighted by Crippen LogP contribution is 2.06. The highest BCUT2D eigenvalue weighted by atomic mass is 28.3. The third-order valence-corrected chi connectivity index (χ3v) is 4.41. The predicted octanol–water partition coefficient (Wildman–Crippen LogP) is 2.42. The van der Waals surface area contributed by atoms with E-state index in [4.69, 9.17) is 0 Å². The number of methoxy groups -OCH3 is 1. The Morgan fingerprint density at radius 1 is 1.31 bits per heavy atom. The summed E-state index contributed by atoms with van der Waals surface area (Å²) in [5.41, 5.74) is 1.05. The Kier molecular flexibility index (Phi) is 4.07. The van der Waals surface area contributed by atoms with E-state index < -0.39 is 8.07 Å². The Morgan fingerprint density at radius 2 is 2.00 bits per heavy atom. The van der Waals surface area contributed by atoms with Gasteiger partial charge in [-0.3, -0.25) is 0 Å². The first-order chi connectivity index (χ1) is 7.43. The van der Waals surface area contributed by atoms with E-state index >= 15 is 0 Å². The van der Waals surface area contributed by atoms with Gasteiger partial charge in [0.2, 0.25) is 0 Å². The molecule has 0 saturated carbocycles. The fourth-order valence-electron chi connectivity index (χ4n) is 1.34. The minimum Gasteiger partial charge on any atom is -0.466 e. The fraction of sp³-hybridized carbons (Fsp3) is 0.308.